The Bertz CT molecular complexity index is 573. The maximum atomic E-state index is 13.1. The first kappa shape index (κ1) is 15.3. The molecule has 3 nitrogen and oxygen atoms in total. The van der Waals surface area contributed by atoms with Crippen LogP contribution >= 0.6 is 0 Å². The molecule has 1 aliphatic carbocycles. The fourth-order valence-corrected chi connectivity index (χ4v) is 3.27. The molecule has 1 N–H and O–H groups in total. The highest BCUT2D eigenvalue weighted by atomic mass is 19.4. The molecule has 2 fully saturated rings. The van der Waals surface area contributed by atoms with Gasteiger partial charge in [-0.3, -0.25) is 4.79 Å². The largest absolute Gasteiger partial charge is 0.416 e. The van der Waals surface area contributed by atoms with Gasteiger partial charge >= 0.3 is 6.18 Å². The summed E-state index contributed by atoms with van der Waals surface area (Å²) in [5.74, 6) is -0.604. The van der Waals surface area contributed by atoms with E-state index >= 15 is 0 Å². The zero-order valence-corrected chi connectivity index (χ0v) is 12.4. The van der Waals surface area contributed by atoms with Crippen LogP contribution in [0, 0.1) is 5.92 Å². The van der Waals surface area contributed by atoms with Crippen molar-refractivity contribution in [2.45, 2.75) is 31.5 Å². The van der Waals surface area contributed by atoms with Gasteiger partial charge in [-0.1, -0.05) is 18.2 Å². The van der Waals surface area contributed by atoms with Crippen molar-refractivity contribution in [3.8, 4) is 0 Å². The maximum absolute atomic E-state index is 13.1. The number of carbonyl (C=O) groups is 1. The van der Waals surface area contributed by atoms with Crippen molar-refractivity contribution in [1.82, 2.24) is 10.2 Å². The highest BCUT2D eigenvalue weighted by Crippen LogP contribution is 2.51. The zero-order valence-electron chi connectivity index (χ0n) is 12.4. The van der Waals surface area contributed by atoms with Crippen molar-refractivity contribution < 1.29 is 18.0 Å². The van der Waals surface area contributed by atoms with E-state index in [9.17, 15) is 18.0 Å². The number of hydrogen-bond acceptors (Lipinski definition) is 2. The summed E-state index contributed by atoms with van der Waals surface area (Å²) in [6.07, 6.45) is -3.85. The fourth-order valence-electron chi connectivity index (χ4n) is 3.27. The molecule has 1 saturated heterocycles. The molecular formula is C16H19F3N2O. The summed E-state index contributed by atoms with van der Waals surface area (Å²) in [4.78, 5) is 14.3. The number of halogens is 3. The van der Waals surface area contributed by atoms with Gasteiger partial charge in [0.15, 0.2) is 0 Å². The van der Waals surface area contributed by atoms with Crippen LogP contribution in [0.15, 0.2) is 24.3 Å². The summed E-state index contributed by atoms with van der Waals surface area (Å²) >= 11 is 0. The van der Waals surface area contributed by atoms with Gasteiger partial charge in [0.2, 0.25) is 5.91 Å². The number of nitrogens with one attached hydrogen (secondary N) is 1. The monoisotopic (exact) mass is 312 g/mol. The Morgan fingerprint density at radius 3 is 2.73 bits per heavy atom. The van der Waals surface area contributed by atoms with E-state index in [-0.39, 0.29) is 29.3 Å². The molecule has 3 rings (SSSR count). The highest BCUT2D eigenvalue weighted by molar-refractivity contribution is 5.83. The van der Waals surface area contributed by atoms with E-state index in [0.717, 1.165) is 19.2 Å². The van der Waals surface area contributed by atoms with Crippen LogP contribution in [0.25, 0.3) is 0 Å². The molecule has 6 heteroatoms. The van der Waals surface area contributed by atoms with E-state index in [2.05, 4.69) is 5.32 Å². The Labute approximate surface area is 127 Å². The molecule has 1 aliphatic heterocycles. The third kappa shape index (κ3) is 2.84. The predicted molar refractivity (Wildman–Crippen MR) is 76.3 cm³/mol. The molecule has 1 aromatic rings. The number of carbonyl (C=O) groups excluding carboxylic acids is 1. The van der Waals surface area contributed by atoms with Gasteiger partial charge in [-0.25, -0.2) is 0 Å². The summed E-state index contributed by atoms with van der Waals surface area (Å²) in [6, 6.07) is 5.70. The van der Waals surface area contributed by atoms with Gasteiger partial charge in [-0.15, -0.1) is 0 Å². The van der Waals surface area contributed by atoms with Crippen molar-refractivity contribution in [2.24, 2.45) is 5.92 Å². The quantitative estimate of drug-likeness (QED) is 0.910. The first-order valence-corrected chi connectivity index (χ1v) is 7.57. The molecular weight excluding hydrogens is 293 g/mol. The Kier molecular flexibility index (Phi) is 3.89. The number of alkyl halides is 3. The number of benzene rings is 1. The molecule has 22 heavy (non-hydrogen) atoms. The minimum absolute atomic E-state index is 0.00372. The zero-order chi connectivity index (χ0) is 15.9. The van der Waals surface area contributed by atoms with Crippen LogP contribution < -0.4 is 5.32 Å². The van der Waals surface area contributed by atoms with E-state index in [1.54, 1.807) is 11.0 Å². The van der Waals surface area contributed by atoms with Crippen LogP contribution in [-0.4, -0.2) is 36.5 Å². The Morgan fingerprint density at radius 2 is 2.05 bits per heavy atom. The summed E-state index contributed by atoms with van der Waals surface area (Å²) in [5, 5.41) is 3.21. The van der Waals surface area contributed by atoms with Crippen molar-refractivity contribution >= 4 is 5.91 Å². The average Bonchev–Trinajstić information content (AvgIpc) is 3.26. The summed E-state index contributed by atoms with van der Waals surface area (Å²) < 4.78 is 39.2. The molecule has 120 valence electrons. The molecule has 0 bridgehead atoms. The third-order valence-corrected chi connectivity index (χ3v) is 4.56. The molecule has 1 aromatic carbocycles. The summed E-state index contributed by atoms with van der Waals surface area (Å²) in [7, 11) is 0. The number of rotatable bonds is 2. The molecule has 1 amide bonds. The minimum Gasteiger partial charge on any atom is -0.337 e. The SMILES string of the molecule is C[C@@H]1CNCCN1C(=O)[C@H]1C[C@@H]1c1ccccc1C(F)(F)F. The Morgan fingerprint density at radius 1 is 1.32 bits per heavy atom. The van der Waals surface area contributed by atoms with E-state index in [0.29, 0.717) is 13.0 Å². The lowest BCUT2D eigenvalue weighted by atomic mass is 10.0. The average molecular weight is 312 g/mol. The lowest BCUT2D eigenvalue weighted by Crippen LogP contribution is -2.52. The van der Waals surface area contributed by atoms with Gasteiger partial charge in [-0.05, 0) is 30.9 Å². The van der Waals surface area contributed by atoms with E-state index in [1.807, 2.05) is 6.92 Å². The standard InChI is InChI=1S/C16H19F3N2O/c1-10-9-20-6-7-21(10)15(22)13-8-12(13)11-4-2-3-5-14(11)16(17,18)19/h2-5,10,12-13,20H,6-9H2,1H3/t10-,12-,13+/m1/s1. The molecule has 2 aliphatic rings. The van der Waals surface area contributed by atoms with Crippen molar-refractivity contribution in [3.63, 3.8) is 0 Å². The predicted octanol–water partition coefficient (Wildman–Crippen LogP) is 2.63. The van der Waals surface area contributed by atoms with Crippen LogP contribution in [0.4, 0.5) is 13.2 Å². The highest BCUT2D eigenvalue weighted by Gasteiger charge is 2.49. The molecule has 0 aromatic heterocycles. The van der Waals surface area contributed by atoms with E-state index in [4.69, 9.17) is 0 Å². The first-order valence-electron chi connectivity index (χ1n) is 7.57. The molecule has 0 spiro atoms. The van der Waals surface area contributed by atoms with E-state index in [1.165, 1.54) is 12.1 Å². The van der Waals surface area contributed by atoms with Gasteiger partial charge in [-0.2, -0.15) is 13.2 Å². The van der Waals surface area contributed by atoms with Crippen LogP contribution in [0.1, 0.15) is 30.4 Å². The van der Waals surface area contributed by atoms with Crippen molar-refractivity contribution in [1.29, 1.82) is 0 Å². The summed E-state index contributed by atoms with van der Waals surface area (Å²) in [5.41, 5.74) is -0.347. The lowest BCUT2D eigenvalue weighted by molar-refractivity contribution is -0.139. The van der Waals surface area contributed by atoms with Gasteiger partial charge in [0.25, 0.3) is 0 Å². The van der Waals surface area contributed by atoms with Gasteiger partial charge in [0.1, 0.15) is 0 Å². The number of amides is 1. The second-order valence-electron chi connectivity index (χ2n) is 6.12. The van der Waals surface area contributed by atoms with Gasteiger partial charge in [0.05, 0.1) is 5.56 Å². The molecule has 0 radical (unpaired) electrons. The fraction of sp³-hybridized carbons (Fsp3) is 0.562. The Balaban J connectivity index is 1.76. The van der Waals surface area contributed by atoms with E-state index < -0.39 is 11.7 Å². The van der Waals surface area contributed by atoms with Crippen molar-refractivity contribution in [2.75, 3.05) is 19.6 Å². The van der Waals surface area contributed by atoms with Crippen LogP contribution in [0.2, 0.25) is 0 Å². The smallest absolute Gasteiger partial charge is 0.337 e. The maximum Gasteiger partial charge on any atom is 0.416 e. The number of piperazine rings is 1. The van der Waals surface area contributed by atoms with Crippen molar-refractivity contribution in [3.05, 3.63) is 35.4 Å². The van der Waals surface area contributed by atoms with Crippen LogP contribution in [-0.2, 0) is 11.0 Å². The lowest BCUT2D eigenvalue weighted by Gasteiger charge is -2.34. The van der Waals surface area contributed by atoms with Crippen LogP contribution in [0.5, 0.6) is 0 Å². The van der Waals surface area contributed by atoms with Gasteiger partial charge < -0.3 is 10.2 Å². The Hall–Kier alpha value is -1.56. The normalized spacial score (nSPS) is 28.5. The second kappa shape index (κ2) is 5.57. The van der Waals surface area contributed by atoms with Crippen LogP contribution in [0.3, 0.4) is 0 Å². The number of hydrogen-bond donors (Lipinski definition) is 1. The third-order valence-electron chi connectivity index (χ3n) is 4.56. The topological polar surface area (TPSA) is 32.3 Å². The molecule has 1 saturated carbocycles. The minimum atomic E-state index is -4.37. The molecule has 3 atom stereocenters. The van der Waals surface area contributed by atoms with Gasteiger partial charge in [0, 0.05) is 31.6 Å². The summed E-state index contributed by atoms with van der Waals surface area (Å²) in [6.45, 7) is 4.07. The molecule has 1 heterocycles. The number of nitrogens with zero attached hydrogens (tertiary/aromatic N) is 1. The first-order chi connectivity index (χ1) is 10.4. The second-order valence-corrected chi connectivity index (χ2v) is 6.12. The molecule has 0 unspecified atom stereocenters.